The van der Waals surface area contributed by atoms with Gasteiger partial charge in [0.2, 0.25) is 0 Å². The van der Waals surface area contributed by atoms with Crippen LogP contribution in [0.4, 0.5) is 13.2 Å². The number of nitrogens with zero attached hydrogens (tertiary/aromatic N) is 3. The predicted octanol–water partition coefficient (Wildman–Crippen LogP) is 5.90. The normalized spacial score (nSPS) is 15.8. The molecule has 1 aromatic carbocycles. The fraction of sp³-hybridized carbons (Fsp3) is 0.500. The van der Waals surface area contributed by atoms with Gasteiger partial charge in [0.05, 0.1) is 5.56 Å². The van der Waals surface area contributed by atoms with Crippen LogP contribution in [0.5, 0.6) is 0 Å². The highest BCUT2D eigenvalue weighted by molar-refractivity contribution is 7.98. The Hall–Kier alpha value is -1.76. The first-order valence-electron chi connectivity index (χ1n) is 9.29. The Kier molecular flexibility index (Phi) is 6.63. The standard InChI is InChI=1S/C20H24F3N3S/c1-2-11-26-18(13-15-7-4-3-5-8-15)24-25-19(26)27-14-16-9-6-10-17(12-16)20(21,22)23/h2,6,9-10,12,15H,1,3-5,7-8,11,13-14H2. The lowest BCUT2D eigenvalue weighted by Crippen LogP contribution is -2.13. The Bertz CT molecular complexity index is 764. The Labute approximate surface area is 162 Å². The van der Waals surface area contributed by atoms with Crippen molar-refractivity contribution < 1.29 is 13.2 Å². The number of benzene rings is 1. The highest BCUT2D eigenvalue weighted by Crippen LogP contribution is 2.32. The molecule has 146 valence electrons. The molecule has 0 bridgehead atoms. The van der Waals surface area contributed by atoms with Crippen molar-refractivity contribution in [1.82, 2.24) is 14.8 Å². The molecule has 0 saturated heterocycles. The SMILES string of the molecule is C=CCn1c(CC2CCCCC2)nnc1SCc1cccc(C(F)(F)F)c1. The van der Waals surface area contributed by atoms with Gasteiger partial charge >= 0.3 is 6.18 Å². The van der Waals surface area contributed by atoms with Crippen LogP contribution < -0.4 is 0 Å². The van der Waals surface area contributed by atoms with Crippen molar-refractivity contribution in [2.75, 3.05) is 0 Å². The topological polar surface area (TPSA) is 30.7 Å². The number of alkyl halides is 3. The minimum atomic E-state index is -4.32. The van der Waals surface area contributed by atoms with Crippen LogP contribution in [0.25, 0.3) is 0 Å². The van der Waals surface area contributed by atoms with Crippen molar-refractivity contribution in [2.24, 2.45) is 5.92 Å². The van der Waals surface area contributed by atoms with E-state index in [4.69, 9.17) is 0 Å². The lowest BCUT2D eigenvalue weighted by atomic mass is 9.87. The third kappa shape index (κ3) is 5.37. The van der Waals surface area contributed by atoms with E-state index in [0.717, 1.165) is 23.5 Å². The molecule has 0 atom stereocenters. The number of hydrogen-bond acceptors (Lipinski definition) is 3. The highest BCUT2D eigenvalue weighted by Gasteiger charge is 2.30. The van der Waals surface area contributed by atoms with Gasteiger partial charge in [0.15, 0.2) is 5.16 Å². The fourth-order valence-electron chi connectivity index (χ4n) is 3.52. The number of hydrogen-bond donors (Lipinski definition) is 0. The highest BCUT2D eigenvalue weighted by atomic mass is 32.2. The van der Waals surface area contributed by atoms with Crippen LogP contribution >= 0.6 is 11.8 Å². The van der Waals surface area contributed by atoms with E-state index < -0.39 is 11.7 Å². The van der Waals surface area contributed by atoms with E-state index in [2.05, 4.69) is 16.8 Å². The number of aromatic nitrogens is 3. The summed E-state index contributed by atoms with van der Waals surface area (Å²) in [5, 5.41) is 9.39. The summed E-state index contributed by atoms with van der Waals surface area (Å²) < 4.78 is 40.7. The van der Waals surface area contributed by atoms with Crippen molar-refractivity contribution in [2.45, 2.75) is 62.2 Å². The summed E-state index contributed by atoms with van der Waals surface area (Å²) in [5.74, 6) is 2.02. The Balaban J connectivity index is 1.70. The first kappa shape index (κ1) is 20.0. The van der Waals surface area contributed by atoms with Gasteiger partial charge in [0.25, 0.3) is 0 Å². The van der Waals surface area contributed by atoms with Crippen molar-refractivity contribution in [3.8, 4) is 0 Å². The van der Waals surface area contributed by atoms with Crippen molar-refractivity contribution in [3.05, 3.63) is 53.9 Å². The molecule has 1 saturated carbocycles. The van der Waals surface area contributed by atoms with Gasteiger partial charge in [-0.3, -0.25) is 0 Å². The zero-order valence-electron chi connectivity index (χ0n) is 15.2. The van der Waals surface area contributed by atoms with Gasteiger partial charge in [-0.25, -0.2) is 0 Å². The van der Waals surface area contributed by atoms with Crippen LogP contribution in [0.1, 0.15) is 49.1 Å². The van der Waals surface area contributed by atoms with E-state index in [1.807, 2.05) is 10.6 Å². The molecular formula is C20H24F3N3S. The van der Waals surface area contributed by atoms with Crippen LogP contribution in [-0.4, -0.2) is 14.8 Å². The summed E-state index contributed by atoms with van der Waals surface area (Å²) in [7, 11) is 0. The Morgan fingerprint density at radius 1 is 1.19 bits per heavy atom. The third-order valence-corrected chi connectivity index (χ3v) is 5.96. The molecule has 1 heterocycles. The average molecular weight is 395 g/mol. The lowest BCUT2D eigenvalue weighted by Gasteiger charge is -2.21. The smallest absolute Gasteiger partial charge is 0.302 e. The maximum atomic E-state index is 12.9. The number of halogens is 3. The van der Waals surface area contributed by atoms with E-state index in [0.29, 0.717) is 23.8 Å². The zero-order chi connectivity index (χ0) is 19.3. The van der Waals surface area contributed by atoms with Gasteiger partial charge in [0.1, 0.15) is 5.82 Å². The monoisotopic (exact) mass is 395 g/mol. The average Bonchev–Trinajstić information content (AvgIpc) is 3.02. The molecule has 3 rings (SSSR count). The van der Waals surface area contributed by atoms with Gasteiger partial charge in [-0.2, -0.15) is 13.2 Å². The van der Waals surface area contributed by atoms with Crippen LogP contribution in [0.15, 0.2) is 42.1 Å². The van der Waals surface area contributed by atoms with Crippen LogP contribution in [0, 0.1) is 5.92 Å². The maximum absolute atomic E-state index is 12.9. The molecule has 1 fully saturated rings. The second-order valence-corrected chi connectivity index (χ2v) is 7.94. The van der Waals surface area contributed by atoms with Gasteiger partial charge in [0, 0.05) is 18.7 Å². The minimum Gasteiger partial charge on any atom is -0.302 e. The maximum Gasteiger partial charge on any atom is 0.416 e. The van der Waals surface area contributed by atoms with Crippen LogP contribution in [0.2, 0.25) is 0 Å². The van der Waals surface area contributed by atoms with E-state index in [1.54, 1.807) is 6.07 Å². The summed E-state index contributed by atoms with van der Waals surface area (Å²) in [6, 6.07) is 5.45. The molecule has 0 aliphatic heterocycles. The quantitative estimate of drug-likeness (QED) is 0.432. The molecule has 1 aromatic heterocycles. The Morgan fingerprint density at radius 3 is 2.67 bits per heavy atom. The number of allylic oxidation sites excluding steroid dienone is 1. The molecule has 0 spiro atoms. The Morgan fingerprint density at radius 2 is 1.96 bits per heavy atom. The van der Waals surface area contributed by atoms with Crippen LogP contribution in [-0.2, 0) is 24.9 Å². The van der Waals surface area contributed by atoms with Gasteiger partial charge in [-0.1, -0.05) is 68.1 Å². The van der Waals surface area contributed by atoms with Gasteiger partial charge < -0.3 is 4.57 Å². The number of rotatable bonds is 7. The van der Waals surface area contributed by atoms with Crippen molar-refractivity contribution in [3.63, 3.8) is 0 Å². The molecule has 1 aliphatic rings. The van der Waals surface area contributed by atoms with E-state index in [9.17, 15) is 13.2 Å². The zero-order valence-corrected chi connectivity index (χ0v) is 16.0. The molecular weight excluding hydrogens is 371 g/mol. The summed E-state index contributed by atoms with van der Waals surface area (Å²) in [4.78, 5) is 0. The minimum absolute atomic E-state index is 0.419. The van der Waals surface area contributed by atoms with Gasteiger partial charge in [-0.05, 0) is 17.5 Å². The lowest BCUT2D eigenvalue weighted by molar-refractivity contribution is -0.137. The molecule has 7 heteroatoms. The van der Waals surface area contributed by atoms with E-state index >= 15 is 0 Å². The second kappa shape index (κ2) is 8.95. The second-order valence-electron chi connectivity index (χ2n) is 6.99. The predicted molar refractivity (Wildman–Crippen MR) is 102 cm³/mol. The summed E-state index contributed by atoms with van der Waals surface area (Å²) in [6.07, 6.45) is 4.72. The number of thioether (sulfide) groups is 1. The third-order valence-electron chi connectivity index (χ3n) is 4.92. The molecule has 1 aliphatic carbocycles. The molecule has 27 heavy (non-hydrogen) atoms. The molecule has 0 unspecified atom stereocenters. The molecule has 0 N–H and O–H groups in total. The summed E-state index contributed by atoms with van der Waals surface area (Å²) in [6.45, 7) is 4.42. The summed E-state index contributed by atoms with van der Waals surface area (Å²) >= 11 is 1.42. The largest absolute Gasteiger partial charge is 0.416 e. The molecule has 2 aromatic rings. The van der Waals surface area contributed by atoms with Crippen molar-refractivity contribution >= 4 is 11.8 Å². The first-order valence-corrected chi connectivity index (χ1v) is 10.3. The van der Waals surface area contributed by atoms with Crippen molar-refractivity contribution in [1.29, 1.82) is 0 Å². The van der Waals surface area contributed by atoms with Gasteiger partial charge in [-0.15, -0.1) is 16.8 Å². The molecule has 3 nitrogen and oxygen atoms in total. The summed E-state index contributed by atoms with van der Waals surface area (Å²) in [5.41, 5.74) is 0.00274. The fourth-order valence-corrected chi connectivity index (χ4v) is 4.43. The van der Waals surface area contributed by atoms with E-state index in [-0.39, 0.29) is 0 Å². The first-order chi connectivity index (χ1) is 13.0. The molecule has 0 amide bonds. The van der Waals surface area contributed by atoms with E-state index in [1.165, 1.54) is 56.0 Å². The molecule has 0 radical (unpaired) electrons. The van der Waals surface area contributed by atoms with Crippen LogP contribution in [0.3, 0.4) is 0 Å².